The van der Waals surface area contributed by atoms with E-state index in [4.69, 9.17) is 16.4 Å². The molecule has 0 aromatic heterocycles. The van der Waals surface area contributed by atoms with Gasteiger partial charge in [-0.05, 0) is 84.8 Å². The van der Waals surface area contributed by atoms with Crippen LogP contribution in [0.5, 0.6) is 0 Å². The highest BCUT2D eigenvalue weighted by molar-refractivity contribution is 7.99. The Balaban J connectivity index is 1.36. The Morgan fingerprint density at radius 3 is 1.89 bits per heavy atom. The molecule has 0 spiro atoms. The van der Waals surface area contributed by atoms with Gasteiger partial charge in [0.2, 0.25) is 0 Å². The quantitative estimate of drug-likeness (QED) is 0.0460. The van der Waals surface area contributed by atoms with Crippen LogP contribution in [0.1, 0.15) is 41.3 Å². The summed E-state index contributed by atoms with van der Waals surface area (Å²) < 4.78 is 0. The number of hydrogen-bond donors (Lipinski definition) is 0. The smallest absolute Gasteiger partial charge is 0.318 e. The summed E-state index contributed by atoms with van der Waals surface area (Å²) in [6, 6.07) is 32.7. The number of hydrogen-bond acceptors (Lipinski definition) is 6. The maximum Gasteiger partial charge on any atom is 0.331 e. The summed E-state index contributed by atoms with van der Waals surface area (Å²) in [6.07, 6.45) is 1.55. The Kier molecular flexibility index (Phi) is 10.2. The van der Waals surface area contributed by atoms with Crippen molar-refractivity contribution in [3.63, 3.8) is 0 Å². The average Bonchev–Trinajstić information content (AvgIpc) is 2.94. The summed E-state index contributed by atoms with van der Waals surface area (Å²) in [6.45, 7) is 1.34. The largest absolute Gasteiger partial charge is 0.331 e. The highest BCUT2D eigenvalue weighted by atomic mass is 35.5. The molecule has 0 saturated carbocycles. The van der Waals surface area contributed by atoms with Crippen molar-refractivity contribution in [2.24, 2.45) is 5.16 Å². The molecular weight excluding hydrogens is 534 g/mol. The SMILES string of the molecule is CC(=O)ON=C(CCCSc1ccc(Cl)cc1)c1ccc(Sc2ccc(C(=O)c3ccccc3)cc2)cc1. The van der Waals surface area contributed by atoms with E-state index in [0.29, 0.717) is 17.5 Å². The number of thioether (sulfide) groups is 1. The molecule has 0 aliphatic rings. The van der Waals surface area contributed by atoms with Gasteiger partial charge in [0.15, 0.2) is 5.78 Å². The monoisotopic (exact) mass is 559 g/mol. The summed E-state index contributed by atoms with van der Waals surface area (Å²) >= 11 is 9.32. The van der Waals surface area contributed by atoms with E-state index in [1.165, 1.54) is 6.92 Å². The van der Waals surface area contributed by atoms with Gasteiger partial charge < -0.3 is 4.84 Å². The van der Waals surface area contributed by atoms with Gasteiger partial charge >= 0.3 is 5.97 Å². The van der Waals surface area contributed by atoms with Gasteiger partial charge in [0.1, 0.15) is 0 Å². The molecular formula is C31H26ClNO3S2. The molecule has 0 aliphatic heterocycles. The molecule has 0 saturated heterocycles. The standard InChI is InChI=1S/C31H26ClNO3S2/c1-22(34)36-33-30(8-5-21-37-27-19-13-26(32)14-20-27)23-9-15-28(16-10-23)38-29-17-11-25(12-18-29)31(35)24-6-3-2-4-7-24/h2-4,6-7,9-20H,5,8,21H2,1H3. The van der Waals surface area contributed by atoms with E-state index in [0.717, 1.165) is 43.2 Å². The van der Waals surface area contributed by atoms with Crippen molar-refractivity contribution >= 4 is 52.6 Å². The van der Waals surface area contributed by atoms with Gasteiger partial charge in [-0.25, -0.2) is 4.79 Å². The molecule has 0 radical (unpaired) electrons. The van der Waals surface area contributed by atoms with Crippen LogP contribution >= 0.6 is 35.1 Å². The van der Waals surface area contributed by atoms with Crippen molar-refractivity contribution in [2.75, 3.05) is 5.75 Å². The van der Waals surface area contributed by atoms with Crippen LogP contribution < -0.4 is 0 Å². The second-order valence-corrected chi connectivity index (χ2v) is 11.1. The molecule has 0 aliphatic carbocycles. The number of carbonyl (C=O) groups is 2. The van der Waals surface area contributed by atoms with Crippen LogP contribution in [0.25, 0.3) is 0 Å². The molecule has 0 fully saturated rings. The van der Waals surface area contributed by atoms with Crippen molar-refractivity contribution in [2.45, 2.75) is 34.5 Å². The maximum atomic E-state index is 12.6. The molecule has 0 atom stereocenters. The minimum absolute atomic E-state index is 0.0117. The maximum absolute atomic E-state index is 12.6. The molecule has 4 nitrogen and oxygen atoms in total. The summed E-state index contributed by atoms with van der Waals surface area (Å²) in [5, 5.41) is 4.84. The number of oxime groups is 1. The molecule has 0 heterocycles. The number of ketones is 1. The van der Waals surface area contributed by atoms with Crippen LogP contribution in [-0.4, -0.2) is 23.2 Å². The number of nitrogens with zero attached hydrogens (tertiary/aromatic N) is 1. The third-order valence-electron chi connectivity index (χ3n) is 5.50. The lowest BCUT2D eigenvalue weighted by Gasteiger charge is -2.08. The zero-order chi connectivity index (χ0) is 26.7. The predicted octanol–water partition coefficient (Wildman–Crippen LogP) is 8.56. The molecule has 7 heteroatoms. The highest BCUT2D eigenvalue weighted by Crippen LogP contribution is 2.29. The number of halogens is 1. The van der Waals surface area contributed by atoms with Crippen molar-refractivity contribution in [1.29, 1.82) is 0 Å². The summed E-state index contributed by atoms with van der Waals surface area (Å²) in [5.41, 5.74) is 2.99. The van der Waals surface area contributed by atoms with Crippen LogP contribution in [0.3, 0.4) is 0 Å². The molecule has 4 aromatic rings. The third kappa shape index (κ3) is 8.35. The van der Waals surface area contributed by atoms with Crippen molar-refractivity contribution in [1.82, 2.24) is 0 Å². The summed E-state index contributed by atoms with van der Waals surface area (Å²) in [5.74, 6) is 0.467. The van der Waals surface area contributed by atoms with E-state index in [-0.39, 0.29) is 5.78 Å². The third-order valence-corrected chi connectivity index (χ3v) is 7.87. The van der Waals surface area contributed by atoms with Gasteiger partial charge in [-0.2, -0.15) is 0 Å². The van der Waals surface area contributed by atoms with Gasteiger partial charge in [-0.3, -0.25) is 4.79 Å². The van der Waals surface area contributed by atoms with Gasteiger partial charge in [0, 0.05) is 37.8 Å². The first-order valence-corrected chi connectivity index (χ1v) is 14.3. The van der Waals surface area contributed by atoms with E-state index in [1.54, 1.807) is 23.5 Å². The van der Waals surface area contributed by atoms with Crippen LogP contribution in [0, 0.1) is 0 Å². The van der Waals surface area contributed by atoms with E-state index in [2.05, 4.69) is 5.16 Å². The zero-order valence-corrected chi connectivity index (χ0v) is 23.2. The van der Waals surface area contributed by atoms with Crippen LogP contribution in [0.4, 0.5) is 0 Å². The van der Waals surface area contributed by atoms with Gasteiger partial charge in [-0.15, -0.1) is 11.8 Å². The van der Waals surface area contributed by atoms with Crippen molar-refractivity contribution in [3.8, 4) is 0 Å². The Hall–Kier alpha value is -3.32. The fraction of sp³-hybridized carbons (Fsp3) is 0.129. The lowest BCUT2D eigenvalue weighted by Crippen LogP contribution is -2.05. The molecule has 0 bridgehead atoms. The van der Waals surface area contributed by atoms with Gasteiger partial charge in [0.25, 0.3) is 0 Å². The van der Waals surface area contributed by atoms with Crippen LogP contribution in [0.15, 0.2) is 123 Å². The summed E-state index contributed by atoms with van der Waals surface area (Å²) in [4.78, 5) is 32.2. The molecule has 4 rings (SSSR count). The highest BCUT2D eigenvalue weighted by Gasteiger charge is 2.10. The second kappa shape index (κ2) is 14.0. The Labute approximate surface area is 236 Å². The lowest BCUT2D eigenvalue weighted by atomic mass is 10.0. The predicted molar refractivity (Wildman–Crippen MR) is 157 cm³/mol. The molecule has 0 N–H and O–H groups in total. The number of benzene rings is 4. The zero-order valence-electron chi connectivity index (χ0n) is 20.8. The molecule has 0 unspecified atom stereocenters. The Morgan fingerprint density at radius 2 is 1.29 bits per heavy atom. The fourth-order valence-corrected chi connectivity index (χ4v) is 5.40. The van der Waals surface area contributed by atoms with E-state index in [9.17, 15) is 9.59 Å². The van der Waals surface area contributed by atoms with Crippen LogP contribution in [0.2, 0.25) is 5.02 Å². The lowest BCUT2D eigenvalue weighted by molar-refractivity contribution is -0.140. The molecule has 38 heavy (non-hydrogen) atoms. The summed E-state index contributed by atoms with van der Waals surface area (Å²) in [7, 11) is 0. The molecule has 192 valence electrons. The molecule has 4 aromatic carbocycles. The number of rotatable bonds is 11. The van der Waals surface area contributed by atoms with E-state index < -0.39 is 5.97 Å². The number of carbonyl (C=O) groups excluding carboxylic acids is 2. The van der Waals surface area contributed by atoms with Crippen molar-refractivity contribution in [3.05, 3.63) is 125 Å². The van der Waals surface area contributed by atoms with Gasteiger partial charge in [0.05, 0.1) is 5.71 Å². The Morgan fingerprint density at radius 1 is 0.737 bits per heavy atom. The average molecular weight is 560 g/mol. The Bertz CT molecular complexity index is 1390. The minimum atomic E-state index is -0.445. The topological polar surface area (TPSA) is 55.7 Å². The fourth-order valence-electron chi connectivity index (χ4n) is 3.60. The first-order chi connectivity index (χ1) is 18.5. The molecule has 0 amide bonds. The normalized spacial score (nSPS) is 11.3. The van der Waals surface area contributed by atoms with Crippen LogP contribution in [-0.2, 0) is 9.63 Å². The first kappa shape index (κ1) is 27.7. The van der Waals surface area contributed by atoms with E-state index >= 15 is 0 Å². The first-order valence-electron chi connectivity index (χ1n) is 12.1. The van der Waals surface area contributed by atoms with Crippen molar-refractivity contribution < 1.29 is 14.4 Å². The van der Waals surface area contributed by atoms with E-state index in [1.807, 2.05) is 103 Å². The second-order valence-electron chi connectivity index (χ2n) is 8.37. The van der Waals surface area contributed by atoms with Gasteiger partial charge in [-0.1, -0.05) is 71.0 Å². The minimum Gasteiger partial charge on any atom is -0.318 e.